The Bertz CT molecular complexity index is 798. The molecule has 3 aliphatic rings. The average Bonchev–Trinajstić information content (AvgIpc) is 3.42. The maximum Gasteiger partial charge on any atom is 0.291 e. The second-order valence-corrected chi connectivity index (χ2v) is 8.68. The van der Waals surface area contributed by atoms with Gasteiger partial charge in [0.1, 0.15) is 0 Å². The van der Waals surface area contributed by atoms with Crippen molar-refractivity contribution in [2.45, 2.75) is 33.6 Å². The van der Waals surface area contributed by atoms with Gasteiger partial charge in [-0.25, -0.2) is 4.98 Å². The highest BCUT2D eigenvalue weighted by Gasteiger charge is 2.60. The molecule has 0 aliphatic carbocycles. The van der Waals surface area contributed by atoms with Crippen molar-refractivity contribution in [3.63, 3.8) is 0 Å². The van der Waals surface area contributed by atoms with E-state index >= 15 is 0 Å². The maximum atomic E-state index is 13.5. The van der Waals surface area contributed by atoms with E-state index in [0.717, 1.165) is 25.9 Å². The molecule has 1 aromatic heterocycles. The van der Waals surface area contributed by atoms with E-state index in [4.69, 9.17) is 4.42 Å². The molecule has 0 saturated carbocycles. The molecule has 0 radical (unpaired) electrons. The first-order valence-electron chi connectivity index (χ1n) is 10.1. The summed E-state index contributed by atoms with van der Waals surface area (Å²) < 4.78 is 5.28. The van der Waals surface area contributed by atoms with Crippen LogP contribution < -0.4 is 0 Å². The van der Waals surface area contributed by atoms with Gasteiger partial charge >= 0.3 is 0 Å². The number of likely N-dealkylation sites (tertiary alicyclic amines) is 3. The van der Waals surface area contributed by atoms with Crippen LogP contribution in [0.4, 0.5) is 0 Å². The molecule has 152 valence electrons. The molecule has 4 heterocycles. The van der Waals surface area contributed by atoms with Crippen molar-refractivity contribution >= 4 is 17.7 Å². The van der Waals surface area contributed by atoms with Gasteiger partial charge in [0.2, 0.25) is 17.6 Å². The number of aromatic nitrogens is 1. The predicted molar refractivity (Wildman–Crippen MR) is 100 cm³/mol. The van der Waals surface area contributed by atoms with E-state index < -0.39 is 5.41 Å². The lowest BCUT2D eigenvalue weighted by molar-refractivity contribution is -0.141. The van der Waals surface area contributed by atoms with E-state index in [-0.39, 0.29) is 35.3 Å². The number of hydrogen-bond donors (Lipinski definition) is 0. The first-order chi connectivity index (χ1) is 13.3. The lowest BCUT2D eigenvalue weighted by Gasteiger charge is -2.32. The van der Waals surface area contributed by atoms with E-state index in [1.54, 1.807) is 11.8 Å². The second kappa shape index (κ2) is 6.90. The largest absolute Gasteiger partial charge is 0.438 e. The highest BCUT2D eigenvalue weighted by molar-refractivity contribution is 5.94. The number of fused-ring (bicyclic) bond motifs is 1. The molecule has 0 spiro atoms. The van der Waals surface area contributed by atoms with E-state index in [0.29, 0.717) is 31.9 Å². The number of hydrogen-bond acceptors (Lipinski definition) is 5. The molecule has 2 atom stereocenters. The van der Waals surface area contributed by atoms with Crippen LogP contribution in [0.3, 0.4) is 0 Å². The summed E-state index contributed by atoms with van der Waals surface area (Å²) in [4.78, 5) is 48.6. The Kier molecular flexibility index (Phi) is 4.67. The van der Waals surface area contributed by atoms with Crippen LogP contribution in [0.2, 0.25) is 0 Å². The fraction of sp³-hybridized carbons (Fsp3) is 0.700. The zero-order valence-electron chi connectivity index (χ0n) is 16.8. The van der Waals surface area contributed by atoms with Crippen molar-refractivity contribution in [3.05, 3.63) is 17.8 Å². The van der Waals surface area contributed by atoms with Crippen molar-refractivity contribution in [3.8, 4) is 0 Å². The summed E-state index contributed by atoms with van der Waals surface area (Å²) in [5.74, 6) is 0.0343. The van der Waals surface area contributed by atoms with Crippen LogP contribution in [0.25, 0.3) is 0 Å². The minimum atomic E-state index is -0.710. The van der Waals surface area contributed by atoms with E-state index in [2.05, 4.69) is 4.98 Å². The second-order valence-electron chi connectivity index (χ2n) is 8.68. The van der Waals surface area contributed by atoms with Crippen molar-refractivity contribution < 1.29 is 18.8 Å². The molecule has 0 unspecified atom stereocenters. The molecule has 3 aliphatic heterocycles. The Morgan fingerprint density at radius 3 is 2.36 bits per heavy atom. The summed E-state index contributed by atoms with van der Waals surface area (Å²) in [5, 5.41) is 0. The first-order valence-corrected chi connectivity index (χ1v) is 10.1. The number of amides is 3. The SMILES string of the molecule is Cc1ncoc1C(=O)N1C[C@@H]2CN(C(=O)C(C)C)C[C@]2(C(=O)N2CCCC2)C1. The minimum Gasteiger partial charge on any atom is -0.438 e. The number of rotatable bonds is 3. The summed E-state index contributed by atoms with van der Waals surface area (Å²) in [7, 11) is 0. The fourth-order valence-electron chi connectivity index (χ4n) is 4.94. The van der Waals surface area contributed by atoms with Crippen molar-refractivity contribution in [1.82, 2.24) is 19.7 Å². The predicted octanol–water partition coefficient (Wildman–Crippen LogP) is 1.16. The van der Waals surface area contributed by atoms with Crippen molar-refractivity contribution in [2.24, 2.45) is 17.3 Å². The van der Waals surface area contributed by atoms with Gasteiger partial charge in [-0.1, -0.05) is 13.8 Å². The van der Waals surface area contributed by atoms with Crippen LogP contribution >= 0.6 is 0 Å². The Balaban J connectivity index is 1.61. The van der Waals surface area contributed by atoms with Crippen LogP contribution in [-0.4, -0.2) is 76.7 Å². The third-order valence-electron chi connectivity index (χ3n) is 6.46. The quantitative estimate of drug-likeness (QED) is 0.776. The zero-order chi connectivity index (χ0) is 20.1. The Morgan fingerprint density at radius 2 is 1.75 bits per heavy atom. The maximum absolute atomic E-state index is 13.5. The molecule has 1 aromatic rings. The van der Waals surface area contributed by atoms with Crippen LogP contribution in [-0.2, 0) is 9.59 Å². The molecule has 0 N–H and O–H groups in total. The Hall–Kier alpha value is -2.38. The molecular formula is C20H28N4O4. The molecule has 4 rings (SSSR count). The number of carbonyl (C=O) groups excluding carboxylic acids is 3. The number of carbonyl (C=O) groups is 3. The van der Waals surface area contributed by atoms with Crippen LogP contribution in [0.1, 0.15) is 42.9 Å². The molecule has 8 nitrogen and oxygen atoms in total. The summed E-state index contributed by atoms with van der Waals surface area (Å²) in [6.07, 6.45) is 3.30. The molecule has 3 saturated heterocycles. The van der Waals surface area contributed by atoms with Gasteiger partial charge in [0.05, 0.1) is 11.1 Å². The Morgan fingerprint density at radius 1 is 1.11 bits per heavy atom. The van der Waals surface area contributed by atoms with E-state index in [1.165, 1.54) is 6.39 Å². The fourth-order valence-corrected chi connectivity index (χ4v) is 4.94. The van der Waals surface area contributed by atoms with Crippen LogP contribution in [0, 0.1) is 24.2 Å². The highest BCUT2D eigenvalue weighted by atomic mass is 16.3. The third-order valence-corrected chi connectivity index (χ3v) is 6.46. The summed E-state index contributed by atoms with van der Waals surface area (Å²) in [6, 6.07) is 0. The molecule has 8 heteroatoms. The van der Waals surface area contributed by atoms with Gasteiger partial charge in [-0.15, -0.1) is 0 Å². The molecule has 0 aromatic carbocycles. The Labute approximate surface area is 164 Å². The van der Waals surface area contributed by atoms with Crippen molar-refractivity contribution in [2.75, 3.05) is 39.3 Å². The van der Waals surface area contributed by atoms with Gasteiger partial charge in [0.25, 0.3) is 5.91 Å². The number of nitrogens with zero attached hydrogens (tertiary/aromatic N) is 4. The molecule has 3 fully saturated rings. The van der Waals surface area contributed by atoms with Gasteiger partial charge in [-0.3, -0.25) is 14.4 Å². The normalized spacial score (nSPS) is 27.0. The summed E-state index contributed by atoms with van der Waals surface area (Å²) >= 11 is 0. The summed E-state index contributed by atoms with van der Waals surface area (Å²) in [5.41, 5.74) is -0.156. The van der Waals surface area contributed by atoms with Gasteiger partial charge < -0.3 is 19.1 Å². The molecule has 3 amide bonds. The monoisotopic (exact) mass is 388 g/mol. The standard InChI is InChI=1S/C20H28N4O4/c1-13(2)17(25)23-8-15-9-24(18(26)16-14(3)21-12-28-16)11-20(15,10-23)19(27)22-6-4-5-7-22/h12-13,15H,4-11H2,1-3H3/t15-,20-/m0/s1. The first kappa shape index (κ1) is 19.0. The number of aryl methyl sites for hydroxylation is 1. The molecule has 0 bridgehead atoms. The van der Waals surface area contributed by atoms with Gasteiger partial charge in [-0.2, -0.15) is 0 Å². The lowest BCUT2D eigenvalue weighted by atomic mass is 9.79. The van der Waals surface area contributed by atoms with Crippen LogP contribution in [0.5, 0.6) is 0 Å². The topological polar surface area (TPSA) is 87.0 Å². The summed E-state index contributed by atoms with van der Waals surface area (Å²) in [6.45, 7) is 8.73. The van der Waals surface area contributed by atoms with Crippen molar-refractivity contribution in [1.29, 1.82) is 0 Å². The van der Waals surface area contributed by atoms with Gasteiger partial charge in [0.15, 0.2) is 6.39 Å². The number of oxazole rings is 1. The van der Waals surface area contributed by atoms with Crippen LogP contribution in [0.15, 0.2) is 10.8 Å². The lowest BCUT2D eigenvalue weighted by Crippen LogP contribution is -2.49. The highest BCUT2D eigenvalue weighted by Crippen LogP contribution is 2.45. The average molecular weight is 388 g/mol. The van der Waals surface area contributed by atoms with Gasteiger partial charge in [0, 0.05) is 51.1 Å². The molecule has 28 heavy (non-hydrogen) atoms. The smallest absolute Gasteiger partial charge is 0.291 e. The zero-order valence-corrected chi connectivity index (χ0v) is 16.8. The molecular weight excluding hydrogens is 360 g/mol. The van der Waals surface area contributed by atoms with E-state index in [1.807, 2.05) is 23.6 Å². The third kappa shape index (κ3) is 2.89. The minimum absolute atomic E-state index is 0.0459. The van der Waals surface area contributed by atoms with E-state index in [9.17, 15) is 14.4 Å². The van der Waals surface area contributed by atoms with Gasteiger partial charge in [-0.05, 0) is 19.8 Å².